The van der Waals surface area contributed by atoms with Gasteiger partial charge in [-0.15, -0.1) is 0 Å². The number of aromatic amines is 1. The molecule has 1 saturated heterocycles. The second-order valence-corrected chi connectivity index (χ2v) is 8.25. The standard InChI is InChI=1S/C22H30N4O2/c1-5-26(6-2)22(28)24-15-9-17-18-7-14(12-27)8-19-21(18)16(13(3)23-19)10-20(17)25(4)11-15/h7-8,12,15,17,20,23H,5-6,9-11H2,1-4H3,(H,24,28)/t15?,17-,20-/m1/s1. The second-order valence-electron chi connectivity index (χ2n) is 8.25. The Kier molecular flexibility index (Phi) is 4.91. The highest BCUT2D eigenvalue weighted by Gasteiger charge is 2.40. The van der Waals surface area contributed by atoms with E-state index in [0.717, 1.165) is 31.2 Å². The van der Waals surface area contributed by atoms with Crippen molar-refractivity contribution in [1.29, 1.82) is 0 Å². The van der Waals surface area contributed by atoms with E-state index in [2.05, 4.69) is 35.2 Å². The van der Waals surface area contributed by atoms with Crippen LogP contribution in [0.25, 0.3) is 10.9 Å². The van der Waals surface area contributed by atoms with Crippen LogP contribution >= 0.6 is 0 Å². The topological polar surface area (TPSA) is 68.4 Å². The van der Waals surface area contributed by atoms with Gasteiger partial charge in [0.1, 0.15) is 6.29 Å². The number of aryl methyl sites for hydroxylation is 1. The number of amides is 2. The van der Waals surface area contributed by atoms with Crippen molar-refractivity contribution in [2.24, 2.45) is 0 Å². The Bertz CT molecular complexity index is 915. The van der Waals surface area contributed by atoms with Crippen LogP contribution in [-0.2, 0) is 6.42 Å². The Morgan fingerprint density at radius 3 is 2.79 bits per heavy atom. The molecule has 2 heterocycles. The van der Waals surface area contributed by atoms with Crippen molar-refractivity contribution in [3.63, 3.8) is 0 Å². The number of H-pyrrole nitrogens is 1. The van der Waals surface area contributed by atoms with E-state index >= 15 is 0 Å². The zero-order valence-corrected chi connectivity index (χ0v) is 17.2. The van der Waals surface area contributed by atoms with E-state index in [1.807, 2.05) is 24.8 Å². The second kappa shape index (κ2) is 7.24. The molecule has 2 aliphatic rings. The molecular formula is C22H30N4O2. The number of likely N-dealkylation sites (tertiary alicyclic amines) is 1. The van der Waals surface area contributed by atoms with Crippen LogP contribution in [0.5, 0.6) is 0 Å². The van der Waals surface area contributed by atoms with E-state index in [9.17, 15) is 9.59 Å². The fraction of sp³-hybridized carbons (Fsp3) is 0.545. The SMILES string of the molecule is CCN(CC)C(=O)NC1C[C@@H]2c3cc(C=O)cc4[nH]c(C)c(c34)C[C@H]2N(C)C1. The van der Waals surface area contributed by atoms with Gasteiger partial charge in [0.05, 0.1) is 0 Å². The minimum absolute atomic E-state index is 0.0163. The number of carbonyl (C=O) groups excluding carboxylic acids is 2. The van der Waals surface area contributed by atoms with Gasteiger partial charge in [0.25, 0.3) is 0 Å². The molecule has 1 aromatic carbocycles. The van der Waals surface area contributed by atoms with Crippen LogP contribution in [0.2, 0.25) is 0 Å². The summed E-state index contributed by atoms with van der Waals surface area (Å²) in [6, 6.07) is 4.53. The van der Waals surface area contributed by atoms with E-state index < -0.39 is 0 Å². The summed E-state index contributed by atoms with van der Waals surface area (Å²) in [6.45, 7) is 8.41. The number of rotatable bonds is 4. The quantitative estimate of drug-likeness (QED) is 0.799. The molecule has 150 valence electrons. The minimum atomic E-state index is 0.0163. The maximum absolute atomic E-state index is 12.6. The van der Waals surface area contributed by atoms with Gasteiger partial charge in [0.2, 0.25) is 0 Å². The largest absolute Gasteiger partial charge is 0.358 e. The van der Waals surface area contributed by atoms with Gasteiger partial charge < -0.3 is 20.1 Å². The summed E-state index contributed by atoms with van der Waals surface area (Å²) >= 11 is 0. The molecular weight excluding hydrogens is 352 g/mol. The highest BCUT2D eigenvalue weighted by Crippen LogP contribution is 2.44. The fourth-order valence-electron chi connectivity index (χ4n) is 5.25. The Balaban J connectivity index is 1.69. The van der Waals surface area contributed by atoms with Crippen LogP contribution in [-0.4, -0.2) is 65.9 Å². The smallest absolute Gasteiger partial charge is 0.317 e. The Morgan fingerprint density at radius 2 is 2.11 bits per heavy atom. The van der Waals surface area contributed by atoms with E-state index in [-0.39, 0.29) is 12.1 Å². The molecule has 1 fully saturated rings. The molecule has 2 amide bonds. The molecule has 0 spiro atoms. The zero-order valence-electron chi connectivity index (χ0n) is 17.2. The molecule has 28 heavy (non-hydrogen) atoms. The molecule has 0 radical (unpaired) electrons. The van der Waals surface area contributed by atoms with Crippen LogP contribution in [0.15, 0.2) is 12.1 Å². The first kappa shape index (κ1) is 19.0. The number of hydrogen-bond donors (Lipinski definition) is 2. The highest BCUT2D eigenvalue weighted by atomic mass is 16.2. The van der Waals surface area contributed by atoms with Crippen molar-refractivity contribution in [1.82, 2.24) is 20.1 Å². The molecule has 1 aromatic heterocycles. The number of carbonyl (C=O) groups is 2. The van der Waals surface area contributed by atoms with Gasteiger partial charge in [-0.1, -0.05) is 0 Å². The Morgan fingerprint density at radius 1 is 1.36 bits per heavy atom. The van der Waals surface area contributed by atoms with Crippen LogP contribution in [0.3, 0.4) is 0 Å². The van der Waals surface area contributed by atoms with E-state index in [0.29, 0.717) is 30.6 Å². The molecule has 2 N–H and O–H groups in total. The lowest BCUT2D eigenvalue weighted by atomic mass is 9.73. The summed E-state index contributed by atoms with van der Waals surface area (Å²) in [5.74, 6) is 0.311. The summed E-state index contributed by atoms with van der Waals surface area (Å²) < 4.78 is 0. The summed E-state index contributed by atoms with van der Waals surface area (Å²) in [5.41, 5.74) is 5.60. The summed E-state index contributed by atoms with van der Waals surface area (Å²) in [5, 5.41) is 4.53. The number of nitrogens with one attached hydrogen (secondary N) is 2. The maximum atomic E-state index is 12.6. The third kappa shape index (κ3) is 3.00. The summed E-state index contributed by atoms with van der Waals surface area (Å²) in [6.07, 6.45) is 2.85. The number of piperidine rings is 1. The van der Waals surface area contributed by atoms with E-state index in [1.54, 1.807) is 0 Å². The number of fused-ring (bicyclic) bond motifs is 2. The van der Waals surface area contributed by atoms with Crippen molar-refractivity contribution in [2.45, 2.75) is 51.6 Å². The van der Waals surface area contributed by atoms with Gasteiger partial charge in [-0.3, -0.25) is 4.79 Å². The molecule has 0 saturated carbocycles. The molecule has 4 rings (SSSR count). The normalized spacial score (nSPS) is 24.1. The number of aldehydes is 1. The van der Waals surface area contributed by atoms with Gasteiger partial charge in [-0.25, -0.2) is 4.79 Å². The first-order chi connectivity index (χ1) is 13.5. The van der Waals surface area contributed by atoms with Crippen molar-refractivity contribution in [3.8, 4) is 0 Å². The van der Waals surface area contributed by atoms with Gasteiger partial charge in [0, 0.05) is 59.8 Å². The zero-order chi connectivity index (χ0) is 20.0. The number of urea groups is 1. The van der Waals surface area contributed by atoms with E-state index in [4.69, 9.17) is 0 Å². The first-order valence-corrected chi connectivity index (χ1v) is 10.3. The number of hydrogen-bond acceptors (Lipinski definition) is 3. The summed E-state index contributed by atoms with van der Waals surface area (Å²) in [4.78, 5) is 31.8. The van der Waals surface area contributed by atoms with Crippen molar-refractivity contribution in [2.75, 3.05) is 26.7 Å². The average Bonchev–Trinajstić information content (AvgIpc) is 2.99. The molecule has 0 bridgehead atoms. The summed E-state index contributed by atoms with van der Waals surface area (Å²) in [7, 11) is 2.15. The predicted octanol–water partition coefficient (Wildman–Crippen LogP) is 3.05. The van der Waals surface area contributed by atoms with Crippen molar-refractivity contribution in [3.05, 3.63) is 34.5 Å². The third-order valence-corrected chi connectivity index (χ3v) is 6.67. The predicted molar refractivity (Wildman–Crippen MR) is 111 cm³/mol. The molecule has 1 unspecified atom stereocenters. The molecule has 6 heteroatoms. The lowest BCUT2D eigenvalue weighted by molar-refractivity contribution is 0.112. The molecule has 3 atom stereocenters. The van der Waals surface area contributed by atoms with Crippen LogP contribution < -0.4 is 5.32 Å². The Hall–Kier alpha value is -2.34. The Labute approximate surface area is 166 Å². The van der Waals surface area contributed by atoms with Gasteiger partial charge in [0.15, 0.2) is 0 Å². The maximum Gasteiger partial charge on any atom is 0.317 e. The number of aromatic nitrogens is 1. The van der Waals surface area contributed by atoms with E-state index in [1.165, 1.54) is 22.2 Å². The minimum Gasteiger partial charge on any atom is -0.358 e. The van der Waals surface area contributed by atoms with Crippen molar-refractivity contribution >= 4 is 23.2 Å². The lowest BCUT2D eigenvalue weighted by Crippen LogP contribution is -2.56. The van der Waals surface area contributed by atoms with Crippen molar-refractivity contribution < 1.29 is 9.59 Å². The van der Waals surface area contributed by atoms with Crippen LogP contribution in [0.4, 0.5) is 4.79 Å². The van der Waals surface area contributed by atoms with Gasteiger partial charge >= 0.3 is 6.03 Å². The number of benzene rings is 1. The van der Waals surface area contributed by atoms with Gasteiger partial charge in [-0.2, -0.15) is 0 Å². The van der Waals surface area contributed by atoms with Crippen LogP contribution in [0.1, 0.15) is 53.4 Å². The third-order valence-electron chi connectivity index (χ3n) is 6.67. The lowest BCUT2D eigenvalue weighted by Gasteiger charge is -2.46. The number of likely N-dealkylation sites (N-methyl/N-ethyl adjacent to an activating group) is 1. The first-order valence-electron chi connectivity index (χ1n) is 10.3. The highest BCUT2D eigenvalue weighted by molar-refractivity contribution is 5.94. The monoisotopic (exact) mass is 382 g/mol. The molecule has 1 aliphatic carbocycles. The van der Waals surface area contributed by atoms with Crippen LogP contribution in [0, 0.1) is 6.92 Å². The van der Waals surface area contributed by atoms with Gasteiger partial charge in [-0.05, 0) is 63.9 Å². The molecule has 2 aromatic rings. The molecule has 1 aliphatic heterocycles. The fourth-order valence-corrected chi connectivity index (χ4v) is 5.25. The average molecular weight is 383 g/mol. The molecule has 6 nitrogen and oxygen atoms in total. The number of nitrogens with zero attached hydrogens (tertiary/aromatic N) is 2.